The maximum absolute atomic E-state index is 8.81. The van der Waals surface area contributed by atoms with Crippen LogP contribution in [0.3, 0.4) is 0 Å². The third-order valence-corrected chi connectivity index (χ3v) is 0.667. The predicted octanol–water partition coefficient (Wildman–Crippen LogP) is 2.18. The van der Waals surface area contributed by atoms with Gasteiger partial charge in [0.05, 0.1) is 0 Å². The Balaban J connectivity index is -0.000000134. The summed E-state index contributed by atoms with van der Waals surface area (Å²) >= 11 is 0. The van der Waals surface area contributed by atoms with Crippen LogP contribution < -0.4 is 5.73 Å². The first kappa shape index (κ1) is 18.4. The number of hydrogen-bond donors (Lipinski definition) is 1. The molecule has 82 valence electrons. The second kappa shape index (κ2) is 22.6. The van der Waals surface area contributed by atoms with Crippen molar-refractivity contribution < 1.29 is 4.92 Å². The topological polar surface area (TPSA) is 69.2 Å². The summed E-state index contributed by atoms with van der Waals surface area (Å²) in [5.41, 5.74) is 4.50. The highest BCUT2D eigenvalue weighted by Gasteiger charge is 1.58. The standard InChI is InChI=1S/C6H6.C2H6.CH3NO2.CH5N/c1-2-4-6-5-3-1;1-2;1-2(3)4;1-2/h1-6H;1-2H3;1H3;2H2,1H3. The Kier molecular flexibility index (Phi) is 29.6. The Hall–Kier alpha value is -1.42. The summed E-state index contributed by atoms with van der Waals surface area (Å²) in [6.45, 7) is 4.00. The van der Waals surface area contributed by atoms with Crippen molar-refractivity contribution in [3.63, 3.8) is 0 Å². The lowest BCUT2D eigenvalue weighted by molar-refractivity contribution is -0.445. The lowest BCUT2D eigenvalue weighted by Crippen LogP contribution is -1.79. The second-order valence-electron chi connectivity index (χ2n) is 1.59. The first-order valence-corrected chi connectivity index (χ1v) is 4.39. The molecular formula is C10H20N2O2. The van der Waals surface area contributed by atoms with Crippen molar-refractivity contribution in [2.24, 2.45) is 5.73 Å². The average molecular weight is 200 g/mol. The summed E-state index contributed by atoms with van der Waals surface area (Å²) in [6.07, 6.45) is 0. The van der Waals surface area contributed by atoms with Crippen molar-refractivity contribution in [2.75, 3.05) is 14.1 Å². The summed E-state index contributed by atoms with van der Waals surface area (Å²) in [7, 11) is 2.39. The minimum absolute atomic E-state index is 0.500. The van der Waals surface area contributed by atoms with E-state index in [4.69, 9.17) is 10.1 Å². The van der Waals surface area contributed by atoms with Crippen LogP contribution in [-0.2, 0) is 0 Å². The van der Waals surface area contributed by atoms with E-state index in [0.29, 0.717) is 0 Å². The quantitative estimate of drug-likeness (QED) is 0.515. The van der Waals surface area contributed by atoms with Gasteiger partial charge in [-0.25, -0.2) is 0 Å². The number of benzene rings is 1. The average Bonchev–Trinajstić information content (AvgIpc) is 2.25. The van der Waals surface area contributed by atoms with Gasteiger partial charge in [0.2, 0.25) is 0 Å². The minimum Gasteiger partial charge on any atom is -0.333 e. The summed E-state index contributed by atoms with van der Waals surface area (Å²) in [5, 5.41) is 8.81. The van der Waals surface area contributed by atoms with Gasteiger partial charge in [-0.3, -0.25) is 10.1 Å². The van der Waals surface area contributed by atoms with Gasteiger partial charge >= 0.3 is 0 Å². The molecule has 4 nitrogen and oxygen atoms in total. The van der Waals surface area contributed by atoms with Crippen molar-refractivity contribution in [1.82, 2.24) is 0 Å². The van der Waals surface area contributed by atoms with Gasteiger partial charge in [0.25, 0.3) is 0 Å². The fourth-order valence-electron chi connectivity index (χ4n) is 0.385. The summed E-state index contributed by atoms with van der Waals surface area (Å²) in [4.78, 5) is 8.31. The maximum atomic E-state index is 8.81. The molecule has 0 saturated carbocycles. The summed E-state index contributed by atoms with van der Waals surface area (Å²) in [5.74, 6) is 0. The molecular weight excluding hydrogens is 180 g/mol. The van der Waals surface area contributed by atoms with Crippen LogP contribution in [0.15, 0.2) is 36.4 Å². The monoisotopic (exact) mass is 200 g/mol. The Labute approximate surface area is 85.9 Å². The Bertz CT molecular complexity index is 148. The normalized spacial score (nSPS) is 6.07. The summed E-state index contributed by atoms with van der Waals surface area (Å²) < 4.78 is 0. The van der Waals surface area contributed by atoms with Crippen molar-refractivity contribution in [3.05, 3.63) is 46.5 Å². The van der Waals surface area contributed by atoms with Gasteiger partial charge in [0.1, 0.15) is 0 Å². The summed E-state index contributed by atoms with van der Waals surface area (Å²) in [6, 6.07) is 12.0. The molecule has 2 N–H and O–H groups in total. The molecule has 14 heavy (non-hydrogen) atoms. The SMILES string of the molecule is CC.CN.C[N+](=O)[O-].c1ccccc1. The number of rotatable bonds is 0. The lowest BCUT2D eigenvalue weighted by atomic mass is 10.4. The fraction of sp³-hybridized carbons (Fsp3) is 0.400. The first-order chi connectivity index (χ1) is 6.73. The van der Waals surface area contributed by atoms with E-state index in [1.54, 1.807) is 0 Å². The predicted molar refractivity (Wildman–Crippen MR) is 60.8 cm³/mol. The van der Waals surface area contributed by atoms with Crippen LogP contribution in [0, 0.1) is 10.1 Å². The van der Waals surface area contributed by atoms with Crippen molar-refractivity contribution >= 4 is 0 Å². The molecule has 1 aromatic carbocycles. The zero-order valence-corrected chi connectivity index (χ0v) is 9.31. The van der Waals surface area contributed by atoms with E-state index >= 15 is 0 Å². The minimum atomic E-state index is -0.500. The van der Waals surface area contributed by atoms with Gasteiger partial charge in [-0.2, -0.15) is 0 Å². The van der Waals surface area contributed by atoms with E-state index in [-0.39, 0.29) is 0 Å². The van der Waals surface area contributed by atoms with E-state index in [1.165, 1.54) is 7.05 Å². The van der Waals surface area contributed by atoms with Gasteiger partial charge in [0, 0.05) is 4.92 Å². The molecule has 0 amide bonds. The highest BCUT2D eigenvalue weighted by Crippen LogP contribution is 1.79. The van der Waals surface area contributed by atoms with E-state index in [1.807, 2.05) is 50.2 Å². The maximum Gasteiger partial charge on any atom is 0.194 e. The fourth-order valence-corrected chi connectivity index (χ4v) is 0.385. The van der Waals surface area contributed by atoms with E-state index in [0.717, 1.165) is 7.05 Å². The van der Waals surface area contributed by atoms with Crippen molar-refractivity contribution in [3.8, 4) is 0 Å². The van der Waals surface area contributed by atoms with Gasteiger partial charge < -0.3 is 5.73 Å². The highest BCUT2D eigenvalue weighted by atomic mass is 16.6. The van der Waals surface area contributed by atoms with E-state index in [2.05, 4.69) is 5.73 Å². The van der Waals surface area contributed by atoms with Crippen LogP contribution in [0.5, 0.6) is 0 Å². The molecule has 0 unspecified atom stereocenters. The number of nitrogens with two attached hydrogens (primary N) is 1. The number of hydrogen-bond acceptors (Lipinski definition) is 3. The molecule has 0 atom stereocenters. The molecule has 0 fully saturated rings. The third kappa shape index (κ3) is 46.3. The molecule has 1 rings (SSSR count). The van der Waals surface area contributed by atoms with Crippen LogP contribution in [0.2, 0.25) is 0 Å². The van der Waals surface area contributed by atoms with Crippen LogP contribution >= 0.6 is 0 Å². The molecule has 0 radical (unpaired) electrons. The van der Waals surface area contributed by atoms with Crippen molar-refractivity contribution in [2.45, 2.75) is 13.8 Å². The molecule has 0 aliphatic carbocycles. The van der Waals surface area contributed by atoms with Crippen LogP contribution in [0.25, 0.3) is 0 Å². The van der Waals surface area contributed by atoms with Gasteiger partial charge in [-0.05, 0) is 7.05 Å². The zero-order valence-electron chi connectivity index (χ0n) is 9.31. The zero-order chi connectivity index (χ0) is 11.8. The Morgan fingerprint density at radius 1 is 0.929 bits per heavy atom. The van der Waals surface area contributed by atoms with Gasteiger partial charge in [-0.1, -0.05) is 50.2 Å². The molecule has 0 aliphatic heterocycles. The van der Waals surface area contributed by atoms with Crippen LogP contribution in [0.4, 0.5) is 0 Å². The molecule has 0 spiro atoms. The lowest BCUT2D eigenvalue weighted by Gasteiger charge is -1.69. The molecule has 0 aliphatic rings. The van der Waals surface area contributed by atoms with Crippen LogP contribution in [0.1, 0.15) is 13.8 Å². The molecule has 0 aromatic heterocycles. The molecule has 0 bridgehead atoms. The van der Waals surface area contributed by atoms with Gasteiger partial charge in [-0.15, -0.1) is 0 Å². The Morgan fingerprint density at radius 2 is 1.00 bits per heavy atom. The van der Waals surface area contributed by atoms with Crippen molar-refractivity contribution in [1.29, 1.82) is 0 Å². The smallest absolute Gasteiger partial charge is 0.194 e. The molecule has 0 saturated heterocycles. The number of nitrogens with zero attached hydrogens (tertiary/aromatic N) is 1. The first-order valence-electron chi connectivity index (χ1n) is 4.39. The molecule has 4 heteroatoms. The van der Waals surface area contributed by atoms with E-state index < -0.39 is 4.92 Å². The second-order valence-corrected chi connectivity index (χ2v) is 1.59. The highest BCUT2D eigenvalue weighted by molar-refractivity contribution is 4.99. The van der Waals surface area contributed by atoms with Crippen LogP contribution in [-0.4, -0.2) is 19.0 Å². The molecule has 1 aromatic rings. The molecule has 0 heterocycles. The number of nitro groups is 1. The third-order valence-electron chi connectivity index (χ3n) is 0.667. The Morgan fingerprint density at radius 3 is 1.07 bits per heavy atom. The largest absolute Gasteiger partial charge is 0.333 e. The van der Waals surface area contributed by atoms with Gasteiger partial charge in [0.15, 0.2) is 7.05 Å². The van der Waals surface area contributed by atoms with E-state index in [9.17, 15) is 0 Å².